The zero-order chi connectivity index (χ0) is 23.0. The fraction of sp³-hybridized carbons (Fsp3) is 0.227. The molecule has 2 aromatic carbocycles. The Bertz CT molecular complexity index is 1370. The minimum atomic E-state index is -4.96. The summed E-state index contributed by atoms with van der Waals surface area (Å²) in [4.78, 5) is 27.7. The Morgan fingerprint density at radius 2 is 1.94 bits per heavy atom. The third-order valence-corrected chi connectivity index (χ3v) is 4.98. The second-order valence-electron chi connectivity index (χ2n) is 7.40. The average molecular weight is 444 g/mol. The van der Waals surface area contributed by atoms with Gasteiger partial charge < -0.3 is 15.0 Å². The Kier molecular flexibility index (Phi) is 5.47. The molecule has 10 heteroatoms. The van der Waals surface area contributed by atoms with Gasteiger partial charge in [0, 0.05) is 18.7 Å². The Morgan fingerprint density at radius 3 is 2.62 bits per heavy atom. The number of halogens is 3. The van der Waals surface area contributed by atoms with Crippen molar-refractivity contribution in [3.63, 3.8) is 0 Å². The number of aromatic nitrogens is 3. The lowest BCUT2D eigenvalue weighted by Crippen LogP contribution is -2.36. The third-order valence-electron chi connectivity index (χ3n) is 4.98. The van der Waals surface area contributed by atoms with Gasteiger partial charge in [0.15, 0.2) is 5.69 Å². The van der Waals surface area contributed by atoms with Crippen molar-refractivity contribution in [2.75, 3.05) is 13.7 Å². The molecule has 0 saturated carbocycles. The van der Waals surface area contributed by atoms with Crippen molar-refractivity contribution in [1.29, 1.82) is 0 Å². The highest BCUT2D eigenvalue weighted by Gasteiger charge is 2.41. The normalized spacial score (nSPS) is 12.9. The molecule has 4 rings (SSSR count). The summed E-state index contributed by atoms with van der Waals surface area (Å²) in [5.41, 5.74) is -3.14. The SMILES string of the molecule is COC[C@H](C)NC(=O)c1nn2cc(-c3ccc4ccccc4c3)[nH]c(=O)c2c1C(F)(F)F. The number of nitrogens with one attached hydrogen (secondary N) is 2. The molecule has 0 saturated heterocycles. The molecule has 2 aromatic heterocycles. The number of aromatic amines is 1. The van der Waals surface area contributed by atoms with Gasteiger partial charge in [-0.05, 0) is 23.8 Å². The molecule has 166 valence electrons. The molecule has 0 spiro atoms. The first kappa shape index (κ1) is 21.6. The molecule has 0 aliphatic carbocycles. The van der Waals surface area contributed by atoms with E-state index in [0.29, 0.717) is 5.56 Å². The summed E-state index contributed by atoms with van der Waals surface area (Å²) >= 11 is 0. The van der Waals surface area contributed by atoms with Crippen LogP contribution >= 0.6 is 0 Å². The largest absolute Gasteiger partial charge is 0.421 e. The molecule has 1 amide bonds. The van der Waals surface area contributed by atoms with Crippen LogP contribution in [-0.4, -0.2) is 40.3 Å². The number of methoxy groups -OCH3 is 1. The number of carbonyl (C=O) groups is 1. The first-order valence-electron chi connectivity index (χ1n) is 9.71. The molecular formula is C22H19F3N4O3. The van der Waals surface area contributed by atoms with E-state index < -0.39 is 40.5 Å². The number of H-pyrrole nitrogens is 1. The second-order valence-corrected chi connectivity index (χ2v) is 7.40. The number of rotatable bonds is 5. The van der Waals surface area contributed by atoms with Crippen LogP contribution in [0.5, 0.6) is 0 Å². The molecule has 32 heavy (non-hydrogen) atoms. The van der Waals surface area contributed by atoms with Gasteiger partial charge in [-0.3, -0.25) is 9.59 Å². The van der Waals surface area contributed by atoms with E-state index in [4.69, 9.17) is 4.74 Å². The van der Waals surface area contributed by atoms with Gasteiger partial charge in [-0.1, -0.05) is 36.4 Å². The number of alkyl halides is 3. The van der Waals surface area contributed by atoms with Crippen molar-refractivity contribution in [3.8, 4) is 11.3 Å². The molecule has 2 N–H and O–H groups in total. The van der Waals surface area contributed by atoms with Gasteiger partial charge >= 0.3 is 6.18 Å². The lowest BCUT2D eigenvalue weighted by molar-refractivity contribution is -0.136. The van der Waals surface area contributed by atoms with Crippen LogP contribution in [0.2, 0.25) is 0 Å². The second kappa shape index (κ2) is 8.12. The van der Waals surface area contributed by atoms with Gasteiger partial charge in [0.05, 0.1) is 18.5 Å². The van der Waals surface area contributed by atoms with Crippen LogP contribution < -0.4 is 10.9 Å². The van der Waals surface area contributed by atoms with Gasteiger partial charge in [0.2, 0.25) is 0 Å². The number of hydrogen-bond donors (Lipinski definition) is 2. The summed E-state index contributed by atoms with van der Waals surface area (Å²) in [6.07, 6.45) is -3.69. The number of hydrogen-bond acceptors (Lipinski definition) is 4. The predicted octanol–water partition coefficient (Wildman–Crippen LogP) is 3.63. The average Bonchev–Trinajstić information content (AvgIpc) is 3.14. The molecule has 0 unspecified atom stereocenters. The first-order chi connectivity index (χ1) is 15.2. The molecule has 7 nitrogen and oxygen atoms in total. The minimum Gasteiger partial charge on any atom is -0.383 e. The lowest BCUT2D eigenvalue weighted by atomic mass is 10.1. The maximum atomic E-state index is 13.8. The van der Waals surface area contributed by atoms with Crippen LogP contribution in [0.15, 0.2) is 53.5 Å². The number of benzene rings is 2. The van der Waals surface area contributed by atoms with E-state index in [9.17, 15) is 22.8 Å². The number of ether oxygens (including phenoxy) is 1. The van der Waals surface area contributed by atoms with Crippen molar-refractivity contribution in [2.24, 2.45) is 0 Å². The monoisotopic (exact) mass is 444 g/mol. The van der Waals surface area contributed by atoms with E-state index in [1.165, 1.54) is 13.3 Å². The van der Waals surface area contributed by atoms with Crippen molar-refractivity contribution < 1.29 is 22.7 Å². The molecule has 0 aliphatic rings. The van der Waals surface area contributed by atoms with Crippen molar-refractivity contribution in [2.45, 2.75) is 19.1 Å². The molecular weight excluding hydrogens is 425 g/mol. The first-order valence-corrected chi connectivity index (χ1v) is 9.71. The Balaban J connectivity index is 1.86. The number of carbonyl (C=O) groups excluding carboxylic acids is 1. The van der Waals surface area contributed by atoms with Crippen LogP contribution in [0.25, 0.3) is 27.5 Å². The van der Waals surface area contributed by atoms with E-state index in [2.05, 4.69) is 15.4 Å². The molecule has 2 heterocycles. The molecule has 1 atom stereocenters. The van der Waals surface area contributed by atoms with Crippen LogP contribution in [0.4, 0.5) is 13.2 Å². The summed E-state index contributed by atoms with van der Waals surface area (Å²) in [5.74, 6) is -1.04. The molecule has 0 aliphatic heterocycles. The van der Waals surface area contributed by atoms with Gasteiger partial charge in [-0.25, -0.2) is 4.52 Å². The van der Waals surface area contributed by atoms with Gasteiger partial charge in [0.25, 0.3) is 11.5 Å². The van der Waals surface area contributed by atoms with E-state index >= 15 is 0 Å². The highest BCUT2D eigenvalue weighted by atomic mass is 19.4. The smallest absolute Gasteiger partial charge is 0.383 e. The van der Waals surface area contributed by atoms with Gasteiger partial charge in [-0.15, -0.1) is 0 Å². The fourth-order valence-electron chi connectivity index (χ4n) is 3.60. The molecule has 0 radical (unpaired) electrons. The topological polar surface area (TPSA) is 88.5 Å². The zero-order valence-electron chi connectivity index (χ0n) is 17.2. The van der Waals surface area contributed by atoms with Crippen LogP contribution in [0.1, 0.15) is 23.0 Å². The van der Waals surface area contributed by atoms with Crippen LogP contribution in [0.3, 0.4) is 0 Å². The van der Waals surface area contributed by atoms with Crippen LogP contribution in [0, 0.1) is 0 Å². The standard InChI is InChI=1S/C22H19F3N4O3/c1-12(11-32-2)26-20(30)18-17(22(23,24)25)19-21(31)27-16(10-29(19)28-18)15-8-7-13-5-3-4-6-14(13)9-15/h3-10,12H,11H2,1-2H3,(H,26,30)(H,27,31)/t12-/m0/s1. The van der Waals surface area contributed by atoms with E-state index in [-0.39, 0.29) is 12.3 Å². The van der Waals surface area contributed by atoms with Crippen molar-refractivity contribution >= 4 is 22.2 Å². The molecule has 0 fully saturated rings. The highest BCUT2D eigenvalue weighted by molar-refractivity contribution is 5.96. The maximum Gasteiger partial charge on any atom is 0.421 e. The Hall–Kier alpha value is -3.66. The Labute approximate surface area is 179 Å². The summed E-state index contributed by atoms with van der Waals surface area (Å²) in [7, 11) is 1.41. The third kappa shape index (κ3) is 3.96. The number of fused-ring (bicyclic) bond motifs is 2. The van der Waals surface area contributed by atoms with Crippen LogP contribution in [-0.2, 0) is 10.9 Å². The number of amides is 1. The lowest BCUT2D eigenvalue weighted by Gasteiger charge is -2.12. The summed E-state index contributed by atoms with van der Waals surface area (Å²) in [5, 5.41) is 8.10. The molecule has 0 bridgehead atoms. The fourth-order valence-corrected chi connectivity index (χ4v) is 3.60. The van der Waals surface area contributed by atoms with E-state index in [1.807, 2.05) is 30.3 Å². The summed E-state index contributed by atoms with van der Waals surface area (Å²) in [6, 6.07) is 12.4. The minimum absolute atomic E-state index is 0.104. The maximum absolute atomic E-state index is 13.8. The molecule has 4 aromatic rings. The van der Waals surface area contributed by atoms with E-state index in [1.54, 1.807) is 19.1 Å². The van der Waals surface area contributed by atoms with Gasteiger partial charge in [-0.2, -0.15) is 18.3 Å². The predicted molar refractivity (Wildman–Crippen MR) is 113 cm³/mol. The van der Waals surface area contributed by atoms with E-state index in [0.717, 1.165) is 15.3 Å². The van der Waals surface area contributed by atoms with Crippen molar-refractivity contribution in [1.82, 2.24) is 19.9 Å². The van der Waals surface area contributed by atoms with Gasteiger partial charge in [0.1, 0.15) is 11.1 Å². The summed E-state index contributed by atoms with van der Waals surface area (Å²) < 4.78 is 47.2. The highest BCUT2D eigenvalue weighted by Crippen LogP contribution is 2.34. The summed E-state index contributed by atoms with van der Waals surface area (Å²) in [6.45, 7) is 1.68. The Morgan fingerprint density at radius 1 is 1.22 bits per heavy atom. The van der Waals surface area contributed by atoms with Crippen molar-refractivity contribution in [3.05, 3.63) is 70.3 Å². The quantitative estimate of drug-likeness (QED) is 0.492. The zero-order valence-corrected chi connectivity index (χ0v) is 17.2. The number of nitrogens with zero attached hydrogens (tertiary/aromatic N) is 2.